The normalized spacial score (nSPS) is 27.7. The van der Waals surface area contributed by atoms with Crippen molar-refractivity contribution in [3.63, 3.8) is 0 Å². The van der Waals surface area contributed by atoms with Crippen molar-refractivity contribution in [1.82, 2.24) is 4.90 Å². The van der Waals surface area contributed by atoms with Crippen molar-refractivity contribution in [3.8, 4) is 0 Å². The Kier molecular flexibility index (Phi) is 3.66. The molecule has 3 atom stereocenters. The zero-order valence-corrected chi connectivity index (χ0v) is 11.7. The van der Waals surface area contributed by atoms with Gasteiger partial charge in [0, 0.05) is 6.54 Å². The monoisotopic (exact) mass is 291 g/mol. The summed E-state index contributed by atoms with van der Waals surface area (Å²) in [6, 6.07) is 5.40. The number of likely N-dealkylation sites (tertiary alicyclic amines) is 1. The highest BCUT2D eigenvalue weighted by molar-refractivity contribution is 5.86. The summed E-state index contributed by atoms with van der Waals surface area (Å²) in [5, 5.41) is 9.43. The molecule has 0 bridgehead atoms. The third-order valence-corrected chi connectivity index (χ3v) is 4.76. The van der Waals surface area contributed by atoms with E-state index in [1.54, 1.807) is 18.2 Å². The van der Waals surface area contributed by atoms with Crippen LogP contribution in [0.25, 0.3) is 0 Å². The van der Waals surface area contributed by atoms with E-state index in [2.05, 4.69) is 0 Å². The number of fused-ring (bicyclic) bond motifs is 1. The Morgan fingerprint density at radius 2 is 2.05 bits per heavy atom. The van der Waals surface area contributed by atoms with Crippen LogP contribution in [-0.2, 0) is 16.0 Å². The van der Waals surface area contributed by atoms with Gasteiger partial charge in [0.25, 0.3) is 0 Å². The highest BCUT2D eigenvalue weighted by atomic mass is 19.1. The first-order chi connectivity index (χ1) is 10.1. The maximum absolute atomic E-state index is 13.6. The Bertz CT molecular complexity index is 574. The number of hydrogen-bond donors (Lipinski definition) is 1. The second-order valence-corrected chi connectivity index (χ2v) is 5.95. The lowest BCUT2D eigenvalue weighted by Crippen LogP contribution is -2.44. The number of aliphatic carboxylic acids is 1. The lowest BCUT2D eigenvalue weighted by molar-refractivity contribution is -0.149. The van der Waals surface area contributed by atoms with Gasteiger partial charge in [0.15, 0.2) is 0 Å². The molecule has 5 heteroatoms. The molecule has 0 spiro atoms. The molecule has 1 aliphatic carbocycles. The highest BCUT2D eigenvalue weighted by Crippen LogP contribution is 2.42. The van der Waals surface area contributed by atoms with E-state index >= 15 is 0 Å². The number of benzene rings is 1. The van der Waals surface area contributed by atoms with E-state index in [4.69, 9.17) is 0 Å². The van der Waals surface area contributed by atoms with Crippen molar-refractivity contribution >= 4 is 11.9 Å². The first-order valence-corrected chi connectivity index (χ1v) is 7.33. The Morgan fingerprint density at radius 3 is 2.76 bits per heavy atom. The number of amides is 1. The van der Waals surface area contributed by atoms with Gasteiger partial charge in [-0.1, -0.05) is 24.6 Å². The third kappa shape index (κ3) is 2.52. The first-order valence-electron chi connectivity index (χ1n) is 7.33. The summed E-state index contributed by atoms with van der Waals surface area (Å²) in [5.41, 5.74) is 0.323. The van der Waals surface area contributed by atoms with E-state index in [1.807, 2.05) is 0 Å². The van der Waals surface area contributed by atoms with Crippen LogP contribution >= 0.6 is 0 Å². The summed E-state index contributed by atoms with van der Waals surface area (Å²) in [5.74, 6) is -1.30. The van der Waals surface area contributed by atoms with Crippen LogP contribution in [0.1, 0.15) is 24.8 Å². The molecule has 1 saturated heterocycles. The summed E-state index contributed by atoms with van der Waals surface area (Å²) < 4.78 is 13.6. The minimum atomic E-state index is -0.939. The molecule has 2 aliphatic rings. The zero-order chi connectivity index (χ0) is 15.0. The molecule has 2 fully saturated rings. The van der Waals surface area contributed by atoms with Crippen molar-refractivity contribution in [2.75, 3.05) is 6.54 Å². The number of halogens is 1. The van der Waals surface area contributed by atoms with E-state index in [-0.39, 0.29) is 24.2 Å². The molecular formula is C16H18FNO3. The molecule has 0 aromatic heterocycles. The minimum absolute atomic E-state index is 0.0621. The van der Waals surface area contributed by atoms with Crippen LogP contribution in [0.15, 0.2) is 24.3 Å². The molecule has 1 heterocycles. The van der Waals surface area contributed by atoms with Crippen LogP contribution in [0.2, 0.25) is 0 Å². The molecular weight excluding hydrogens is 273 g/mol. The van der Waals surface area contributed by atoms with Gasteiger partial charge >= 0.3 is 5.97 Å². The zero-order valence-electron chi connectivity index (χ0n) is 11.7. The Labute approximate surface area is 122 Å². The fourth-order valence-corrected chi connectivity index (χ4v) is 3.78. The second-order valence-electron chi connectivity index (χ2n) is 5.95. The van der Waals surface area contributed by atoms with Crippen molar-refractivity contribution in [2.24, 2.45) is 11.8 Å². The Balaban J connectivity index is 1.78. The largest absolute Gasteiger partial charge is 0.480 e. The molecule has 1 amide bonds. The average Bonchev–Trinajstić information content (AvgIpc) is 3.00. The van der Waals surface area contributed by atoms with E-state index in [0.29, 0.717) is 12.1 Å². The molecule has 112 valence electrons. The molecule has 1 aliphatic heterocycles. The van der Waals surface area contributed by atoms with Gasteiger partial charge in [0.1, 0.15) is 11.9 Å². The summed E-state index contributed by atoms with van der Waals surface area (Å²) in [6.07, 6.45) is 2.81. The van der Waals surface area contributed by atoms with Crippen molar-refractivity contribution in [3.05, 3.63) is 35.6 Å². The number of hydrogen-bond acceptors (Lipinski definition) is 2. The van der Waals surface area contributed by atoms with Gasteiger partial charge in [0.2, 0.25) is 5.91 Å². The molecule has 0 radical (unpaired) electrons. The summed E-state index contributed by atoms with van der Waals surface area (Å²) in [4.78, 5) is 25.4. The smallest absolute Gasteiger partial charge is 0.326 e. The van der Waals surface area contributed by atoms with Gasteiger partial charge in [-0.05, 0) is 36.3 Å². The fraction of sp³-hybridized carbons (Fsp3) is 0.500. The summed E-state index contributed by atoms with van der Waals surface area (Å²) >= 11 is 0. The third-order valence-electron chi connectivity index (χ3n) is 4.76. The molecule has 1 aromatic carbocycles. The number of carboxylic acids is 1. The van der Waals surface area contributed by atoms with E-state index in [1.165, 1.54) is 11.0 Å². The average molecular weight is 291 g/mol. The molecule has 1 saturated carbocycles. The lowest BCUT2D eigenvalue weighted by Gasteiger charge is -2.24. The van der Waals surface area contributed by atoms with Crippen LogP contribution in [0.4, 0.5) is 4.39 Å². The van der Waals surface area contributed by atoms with Gasteiger partial charge in [-0.25, -0.2) is 9.18 Å². The molecule has 21 heavy (non-hydrogen) atoms. The fourth-order valence-electron chi connectivity index (χ4n) is 3.78. The molecule has 3 rings (SSSR count). The standard InChI is InChI=1S/C16H18FNO3/c17-13-7-2-1-4-10(13)8-14(19)18-9-11-5-3-6-12(11)15(18)16(20)21/h1-2,4,7,11-12,15H,3,5-6,8-9H2,(H,20,21). The van der Waals surface area contributed by atoms with E-state index in [9.17, 15) is 19.1 Å². The minimum Gasteiger partial charge on any atom is -0.480 e. The molecule has 3 unspecified atom stereocenters. The first kappa shape index (κ1) is 14.0. The number of carbonyl (C=O) groups excluding carboxylic acids is 1. The van der Waals surface area contributed by atoms with Crippen molar-refractivity contribution in [1.29, 1.82) is 0 Å². The molecule has 4 nitrogen and oxygen atoms in total. The van der Waals surface area contributed by atoms with Crippen molar-refractivity contribution < 1.29 is 19.1 Å². The van der Waals surface area contributed by atoms with Gasteiger partial charge in [-0.15, -0.1) is 0 Å². The second kappa shape index (κ2) is 5.47. The maximum atomic E-state index is 13.6. The summed E-state index contributed by atoms with van der Waals surface area (Å²) in [6.45, 7) is 0.495. The number of carbonyl (C=O) groups is 2. The molecule has 1 N–H and O–H groups in total. The molecule has 1 aromatic rings. The summed E-state index contributed by atoms with van der Waals surface area (Å²) in [7, 11) is 0. The predicted octanol–water partition coefficient (Wildman–Crippen LogP) is 2.08. The Morgan fingerprint density at radius 1 is 1.29 bits per heavy atom. The topological polar surface area (TPSA) is 57.6 Å². The maximum Gasteiger partial charge on any atom is 0.326 e. The SMILES string of the molecule is O=C(O)C1C2CCCC2CN1C(=O)Cc1ccccc1F. The number of rotatable bonds is 3. The van der Waals surface area contributed by atoms with Gasteiger partial charge in [-0.2, -0.15) is 0 Å². The van der Waals surface area contributed by atoms with E-state index < -0.39 is 17.8 Å². The van der Waals surface area contributed by atoms with Crippen LogP contribution in [0.5, 0.6) is 0 Å². The number of nitrogens with zero attached hydrogens (tertiary/aromatic N) is 1. The van der Waals surface area contributed by atoms with E-state index in [0.717, 1.165) is 19.3 Å². The van der Waals surface area contributed by atoms with Crippen molar-refractivity contribution in [2.45, 2.75) is 31.7 Å². The van der Waals surface area contributed by atoms with Crippen LogP contribution in [-0.4, -0.2) is 34.5 Å². The van der Waals surface area contributed by atoms with Gasteiger partial charge in [-0.3, -0.25) is 4.79 Å². The predicted molar refractivity (Wildman–Crippen MR) is 74.1 cm³/mol. The van der Waals surface area contributed by atoms with Gasteiger partial charge < -0.3 is 10.0 Å². The lowest BCUT2D eigenvalue weighted by atomic mass is 9.94. The van der Waals surface area contributed by atoms with Crippen LogP contribution < -0.4 is 0 Å². The van der Waals surface area contributed by atoms with Crippen LogP contribution in [0, 0.1) is 17.7 Å². The Hall–Kier alpha value is -1.91. The quantitative estimate of drug-likeness (QED) is 0.927. The number of carboxylic acid groups (broad SMARTS) is 1. The van der Waals surface area contributed by atoms with Gasteiger partial charge in [0.05, 0.1) is 6.42 Å². The highest BCUT2D eigenvalue weighted by Gasteiger charge is 2.49. The van der Waals surface area contributed by atoms with Crippen LogP contribution in [0.3, 0.4) is 0 Å².